The van der Waals surface area contributed by atoms with Crippen molar-refractivity contribution in [3.63, 3.8) is 0 Å². The lowest BCUT2D eigenvalue weighted by Gasteiger charge is -2.31. The molecule has 1 fully saturated rings. The van der Waals surface area contributed by atoms with Gasteiger partial charge in [0.15, 0.2) is 0 Å². The van der Waals surface area contributed by atoms with Gasteiger partial charge in [-0.3, -0.25) is 0 Å². The van der Waals surface area contributed by atoms with Crippen LogP contribution in [0.3, 0.4) is 0 Å². The zero-order chi connectivity index (χ0) is 17.9. The highest BCUT2D eigenvalue weighted by molar-refractivity contribution is 8.00. The Morgan fingerprint density at radius 1 is 1.42 bits per heavy atom. The highest BCUT2D eigenvalue weighted by Crippen LogP contribution is 2.39. The highest BCUT2D eigenvalue weighted by atomic mass is 32.2. The summed E-state index contributed by atoms with van der Waals surface area (Å²) in [5.74, 6) is 0.516. The van der Waals surface area contributed by atoms with Gasteiger partial charge in [-0.2, -0.15) is 21.9 Å². The van der Waals surface area contributed by atoms with Crippen LogP contribution < -0.4 is 4.74 Å². The quantitative estimate of drug-likeness (QED) is 0.613. The molecule has 0 aromatic heterocycles. The number of carbonyl (C=O) groups excluding carboxylic acids is 1. The summed E-state index contributed by atoms with van der Waals surface area (Å²) in [7, 11) is 1.62. The van der Waals surface area contributed by atoms with Crippen LogP contribution in [0.25, 0.3) is 0 Å². The Labute approximate surface area is 152 Å². The molecule has 2 amide bonds. The topological polar surface area (TPSA) is 63.6 Å². The summed E-state index contributed by atoms with van der Waals surface area (Å²) in [5, 5.41) is 9.89. The van der Waals surface area contributed by atoms with Crippen molar-refractivity contribution in [1.82, 2.24) is 0 Å². The minimum atomic E-state index is -1.06. The summed E-state index contributed by atoms with van der Waals surface area (Å²) < 4.78 is 4.66. The van der Waals surface area contributed by atoms with E-state index < -0.39 is 10.6 Å². The van der Waals surface area contributed by atoms with E-state index in [1.807, 2.05) is 31.2 Å². The maximum Gasteiger partial charge on any atom is 0.521 e. The molecule has 2 rings (SSSR count). The third kappa shape index (κ3) is 3.58. The molecule has 0 spiro atoms. The second-order valence-corrected chi connectivity index (χ2v) is 7.99. The number of benzene rings is 1. The summed E-state index contributed by atoms with van der Waals surface area (Å²) in [6, 6.07) is 7.44. The zero-order valence-corrected chi connectivity index (χ0v) is 15.8. The molecule has 5 nitrogen and oxygen atoms in total. The monoisotopic (exact) mass is 370 g/mol. The fraction of sp³-hybridized carbons (Fsp3) is 0.529. The number of amides is 2. The predicted octanol–water partition coefficient (Wildman–Crippen LogP) is 3.54. The smallest absolute Gasteiger partial charge is 0.497 e. The number of carboxylic acid groups (broad SMARTS) is 1. The molecule has 1 heterocycles. The molecule has 1 unspecified atom stereocenters. The number of nitrogens with zero attached hydrogens (tertiary/aromatic N) is 1. The van der Waals surface area contributed by atoms with Crippen molar-refractivity contribution < 1.29 is 23.9 Å². The van der Waals surface area contributed by atoms with Gasteiger partial charge >= 0.3 is 12.0 Å². The molecule has 4 atom stereocenters. The molecule has 0 radical (unpaired) electrons. The summed E-state index contributed by atoms with van der Waals surface area (Å²) >= 11 is 5.79. The molecule has 0 bridgehead atoms. The van der Waals surface area contributed by atoms with Crippen molar-refractivity contribution in [2.75, 3.05) is 19.4 Å². The second-order valence-electron chi connectivity index (χ2n) is 6.26. The Hall–Kier alpha value is -1.18. The van der Waals surface area contributed by atoms with E-state index in [1.54, 1.807) is 25.8 Å². The minimum Gasteiger partial charge on any atom is -0.497 e. The first-order chi connectivity index (χ1) is 11.3. The number of likely N-dealkylation sites (tertiary alicyclic amines) is 1. The summed E-state index contributed by atoms with van der Waals surface area (Å²) in [6.45, 7) is 3.91. The van der Waals surface area contributed by atoms with Gasteiger partial charge in [-0.05, 0) is 38.1 Å². The molecule has 0 aliphatic carbocycles. The van der Waals surface area contributed by atoms with E-state index in [9.17, 15) is 14.7 Å². The van der Waals surface area contributed by atoms with Crippen LogP contribution in [0.1, 0.15) is 20.3 Å². The van der Waals surface area contributed by atoms with E-state index in [4.69, 9.17) is 4.74 Å². The molecular weight excluding hydrogens is 346 g/mol. The van der Waals surface area contributed by atoms with Gasteiger partial charge in [0.2, 0.25) is 0 Å². The Morgan fingerprint density at radius 3 is 2.54 bits per heavy atom. The average molecular weight is 371 g/mol. The van der Waals surface area contributed by atoms with Gasteiger partial charge in [-0.25, -0.2) is 4.79 Å². The Morgan fingerprint density at radius 2 is 2.04 bits per heavy atom. The second kappa shape index (κ2) is 7.80. The van der Waals surface area contributed by atoms with Crippen LogP contribution in [0.4, 0.5) is 4.79 Å². The lowest BCUT2D eigenvalue weighted by Crippen LogP contribution is -2.60. The fourth-order valence-corrected chi connectivity index (χ4v) is 4.73. The summed E-state index contributed by atoms with van der Waals surface area (Å²) in [6.07, 6.45) is -0.368. The highest BCUT2D eigenvalue weighted by Gasteiger charge is 2.57. The Balaban J connectivity index is 2.18. The van der Waals surface area contributed by atoms with Crippen molar-refractivity contribution in [3.8, 4) is 5.75 Å². The van der Waals surface area contributed by atoms with E-state index in [0.29, 0.717) is 18.7 Å². The number of quaternary nitrogens is 1. The first-order valence-electron chi connectivity index (χ1n) is 7.92. The first-order valence-corrected chi connectivity index (χ1v) is 9.43. The van der Waals surface area contributed by atoms with Crippen molar-refractivity contribution in [2.45, 2.75) is 36.5 Å². The van der Waals surface area contributed by atoms with Crippen LogP contribution >= 0.6 is 24.4 Å². The fourth-order valence-electron chi connectivity index (χ4n) is 3.21. The molecule has 132 valence electrons. The molecule has 1 aromatic carbocycles. The van der Waals surface area contributed by atoms with Crippen LogP contribution in [0.5, 0.6) is 5.75 Å². The number of methoxy groups -OCH3 is 1. The number of imide groups is 1. The van der Waals surface area contributed by atoms with Crippen LogP contribution in [0, 0.1) is 5.92 Å². The van der Waals surface area contributed by atoms with Crippen LogP contribution in [0.15, 0.2) is 29.2 Å². The van der Waals surface area contributed by atoms with Crippen LogP contribution in [-0.2, 0) is 4.79 Å². The molecular formula is C17H24NO4S2+. The van der Waals surface area contributed by atoms with Gasteiger partial charge in [0.25, 0.3) is 0 Å². The first kappa shape index (κ1) is 19.1. The Kier molecular flexibility index (Phi) is 6.22. The molecule has 1 aromatic rings. The largest absolute Gasteiger partial charge is 0.521 e. The number of ether oxygens (including phenoxy) is 1. The third-order valence-electron chi connectivity index (χ3n) is 4.64. The number of thiol groups is 1. The van der Waals surface area contributed by atoms with E-state index in [0.717, 1.165) is 10.6 Å². The van der Waals surface area contributed by atoms with E-state index in [2.05, 4.69) is 12.6 Å². The van der Waals surface area contributed by atoms with Crippen molar-refractivity contribution >= 4 is 36.4 Å². The molecule has 1 N–H and O–H groups in total. The van der Waals surface area contributed by atoms with Gasteiger partial charge < -0.3 is 9.84 Å². The average Bonchev–Trinajstić information content (AvgIpc) is 2.91. The van der Waals surface area contributed by atoms with E-state index in [-0.39, 0.29) is 23.1 Å². The minimum absolute atomic E-state index is 0.0839. The molecule has 1 aliphatic heterocycles. The SMILES string of the molecule is COc1ccc(S[C@@H]2C[C@@H](C)[N@@+](C(=O)O)(C(=O)C(C)CS)C2)cc1. The number of rotatable bonds is 5. The van der Waals surface area contributed by atoms with Crippen molar-refractivity contribution in [3.05, 3.63) is 24.3 Å². The normalized spacial score (nSPS) is 27.7. The standard InChI is InChI=1S/C17H23NO4S2/c1-11(10-23)16(19)18(17(20)21)9-15(8-12(18)2)24-14-6-4-13(22-3)5-7-14/h4-7,11-12,15H,8-10H2,1-3H3,(H-,20,21,23)/p+1/t11?,12-,15-,18-/m1/s1. The van der Waals surface area contributed by atoms with Crippen LogP contribution in [-0.4, -0.2) is 52.3 Å². The number of hydrogen-bond acceptors (Lipinski definition) is 5. The lowest BCUT2D eigenvalue weighted by molar-refractivity contribution is -0.793. The van der Waals surface area contributed by atoms with Crippen molar-refractivity contribution in [2.24, 2.45) is 5.92 Å². The summed E-state index contributed by atoms with van der Waals surface area (Å²) in [4.78, 5) is 25.8. The molecule has 0 saturated carbocycles. The maximum atomic E-state index is 12.7. The van der Waals surface area contributed by atoms with E-state index in [1.165, 1.54) is 0 Å². The molecule has 7 heteroatoms. The van der Waals surface area contributed by atoms with Gasteiger partial charge in [0, 0.05) is 17.1 Å². The summed E-state index contributed by atoms with van der Waals surface area (Å²) in [5.41, 5.74) is 0. The van der Waals surface area contributed by atoms with Gasteiger partial charge in [-0.15, -0.1) is 11.8 Å². The Bertz CT molecular complexity index is 607. The third-order valence-corrected chi connectivity index (χ3v) is 6.41. The van der Waals surface area contributed by atoms with Crippen molar-refractivity contribution in [1.29, 1.82) is 0 Å². The van der Waals surface area contributed by atoms with Gasteiger partial charge in [-0.1, -0.05) is 0 Å². The maximum absolute atomic E-state index is 12.7. The predicted molar refractivity (Wildman–Crippen MR) is 97.9 cm³/mol. The van der Waals surface area contributed by atoms with Gasteiger partial charge in [0.05, 0.1) is 18.3 Å². The number of hydrogen-bond donors (Lipinski definition) is 2. The van der Waals surface area contributed by atoms with E-state index >= 15 is 0 Å². The zero-order valence-electron chi connectivity index (χ0n) is 14.1. The van der Waals surface area contributed by atoms with Crippen LogP contribution in [0.2, 0.25) is 0 Å². The molecule has 24 heavy (non-hydrogen) atoms. The number of thioether (sulfide) groups is 1. The number of carbonyl (C=O) groups is 2. The van der Waals surface area contributed by atoms with Gasteiger partial charge in [0.1, 0.15) is 18.3 Å². The molecule has 1 saturated heterocycles. The lowest BCUT2D eigenvalue weighted by atomic mass is 10.1. The molecule has 1 aliphatic rings.